The third-order valence-corrected chi connectivity index (χ3v) is 3.67. The molecule has 0 unspecified atom stereocenters. The van der Waals surface area contributed by atoms with Crippen molar-refractivity contribution in [2.45, 2.75) is 25.4 Å². The Kier molecular flexibility index (Phi) is 5.19. The van der Waals surface area contributed by atoms with Gasteiger partial charge in [0.2, 0.25) is 15.9 Å². The average Bonchev–Trinajstić information content (AvgIpc) is 2.26. The van der Waals surface area contributed by atoms with Crippen LogP contribution < -0.4 is 4.72 Å². The molecule has 112 valence electrons. The minimum Gasteiger partial charge on any atom is -0.342 e. The van der Waals surface area contributed by atoms with Gasteiger partial charge in [0.1, 0.15) is 0 Å². The third-order valence-electron chi connectivity index (χ3n) is 2.94. The summed E-state index contributed by atoms with van der Waals surface area (Å²) < 4.78 is 61.4. The van der Waals surface area contributed by atoms with E-state index in [1.807, 2.05) is 0 Å². The largest absolute Gasteiger partial charge is 0.393 e. The van der Waals surface area contributed by atoms with E-state index in [0.717, 1.165) is 11.2 Å². The van der Waals surface area contributed by atoms with Crippen LogP contribution in [-0.4, -0.2) is 51.3 Å². The van der Waals surface area contributed by atoms with E-state index < -0.39 is 28.0 Å². The molecule has 1 N–H and O–H groups in total. The number of piperidine rings is 1. The Morgan fingerprint density at radius 1 is 1.42 bits per heavy atom. The summed E-state index contributed by atoms with van der Waals surface area (Å²) in [6.07, 6.45) is -3.11. The number of carbonyl (C=O) groups excluding carboxylic acids is 1. The molecule has 0 bridgehead atoms. The van der Waals surface area contributed by atoms with Crippen LogP contribution in [0.3, 0.4) is 0 Å². The van der Waals surface area contributed by atoms with Gasteiger partial charge in [0.05, 0.1) is 12.2 Å². The van der Waals surface area contributed by atoms with E-state index in [1.165, 1.54) is 0 Å². The molecule has 0 aliphatic carbocycles. The molecule has 0 aromatic rings. The highest BCUT2D eigenvalue weighted by molar-refractivity contribution is 7.88. The lowest BCUT2D eigenvalue weighted by molar-refractivity contribution is -0.188. The fourth-order valence-electron chi connectivity index (χ4n) is 1.97. The molecule has 0 aromatic carbocycles. The van der Waals surface area contributed by atoms with Gasteiger partial charge >= 0.3 is 6.18 Å². The SMILES string of the molecule is CS(=O)(=O)NCCC(=O)N1CCC[C@@H](C(F)(F)F)C1. The van der Waals surface area contributed by atoms with E-state index in [4.69, 9.17) is 0 Å². The van der Waals surface area contributed by atoms with Crippen molar-refractivity contribution in [3.63, 3.8) is 0 Å². The van der Waals surface area contributed by atoms with Crippen LogP contribution in [0, 0.1) is 5.92 Å². The Balaban J connectivity index is 2.44. The van der Waals surface area contributed by atoms with Crippen LogP contribution in [0.2, 0.25) is 0 Å². The standard InChI is InChI=1S/C10H17F3N2O3S/c1-19(17,18)14-5-4-9(16)15-6-2-3-8(7-15)10(11,12)13/h8,14H,2-7H2,1H3/t8-/m1/s1. The van der Waals surface area contributed by atoms with Gasteiger partial charge < -0.3 is 4.90 Å². The van der Waals surface area contributed by atoms with Crippen LogP contribution >= 0.6 is 0 Å². The van der Waals surface area contributed by atoms with Crippen LogP contribution in [0.15, 0.2) is 0 Å². The Labute approximate surface area is 110 Å². The summed E-state index contributed by atoms with van der Waals surface area (Å²) in [4.78, 5) is 12.8. The maximum absolute atomic E-state index is 12.6. The predicted molar refractivity (Wildman–Crippen MR) is 62.8 cm³/mol. The van der Waals surface area contributed by atoms with Gasteiger partial charge in [-0.15, -0.1) is 0 Å². The fraction of sp³-hybridized carbons (Fsp3) is 0.900. The van der Waals surface area contributed by atoms with Gasteiger partial charge in [-0.1, -0.05) is 0 Å². The second-order valence-electron chi connectivity index (χ2n) is 4.64. The number of likely N-dealkylation sites (tertiary alicyclic amines) is 1. The molecule has 0 spiro atoms. The summed E-state index contributed by atoms with van der Waals surface area (Å²) in [6.45, 7) is -0.129. The van der Waals surface area contributed by atoms with Crippen molar-refractivity contribution < 1.29 is 26.4 Å². The van der Waals surface area contributed by atoms with Gasteiger partial charge in [0, 0.05) is 26.1 Å². The Morgan fingerprint density at radius 2 is 2.05 bits per heavy atom. The zero-order chi connectivity index (χ0) is 14.7. The van der Waals surface area contributed by atoms with Gasteiger partial charge in [-0.3, -0.25) is 4.79 Å². The number of halogens is 3. The van der Waals surface area contributed by atoms with E-state index >= 15 is 0 Å². The normalized spacial score (nSPS) is 21.5. The first-order valence-electron chi connectivity index (χ1n) is 5.89. The van der Waals surface area contributed by atoms with E-state index in [-0.39, 0.29) is 25.9 Å². The molecular weight excluding hydrogens is 285 g/mol. The van der Waals surface area contributed by atoms with E-state index in [1.54, 1.807) is 0 Å². The van der Waals surface area contributed by atoms with E-state index in [2.05, 4.69) is 4.72 Å². The van der Waals surface area contributed by atoms with E-state index in [0.29, 0.717) is 13.0 Å². The second kappa shape index (κ2) is 6.08. The molecule has 1 fully saturated rings. The number of hydrogen-bond donors (Lipinski definition) is 1. The highest BCUT2D eigenvalue weighted by Gasteiger charge is 2.42. The topological polar surface area (TPSA) is 66.5 Å². The van der Waals surface area contributed by atoms with Crippen molar-refractivity contribution in [2.75, 3.05) is 25.9 Å². The van der Waals surface area contributed by atoms with Gasteiger partial charge in [0.15, 0.2) is 0 Å². The third kappa shape index (κ3) is 5.77. The zero-order valence-electron chi connectivity index (χ0n) is 10.5. The number of nitrogens with zero attached hydrogens (tertiary/aromatic N) is 1. The molecule has 5 nitrogen and oxygen atoms in total. The van der Waals surface area contributed by atoms with Gasteiger partial charge in [-0.05, 0) is 12.8 Å². The zero-order valence-corrected chi connectivity index (χ0v) is 11.4. The Bertz CT molecular complexity index is 422. The number of alkyl halides is 3. The summed E-state index contributed by atoms with van der Waals surface area (Å²) in [5, 5.41) is 0. The van der Waals surface area contributed by atoms with Crippen LogP contribution in [0.25, 0.3) is 0 Å². The minimum atomic E-state index is -4.29. The average molecular weight is 302 g/mol. The van der Waals surface area contributed by atoms with Gasteiger partial charge in [-0.2, -0.15) is 13.2 Å². The van der Waals surface area contributed by atoms with Crippen molar-refractivity contribution >= 4 is 15.9 Å². The van der Waals surface area contributed by atoms with Crippen molar-refractivity contribution in [2.24, 2.45) is 5.92 Å². The van der Waals surface area contributed by atoms with Gasteiger partial charge in [-0.25, -0.2) is 13.1 Å². The lowest BCUT2D eigenvalue weighted by Gasteiger charge is -2.33. The number of rotatable bonds is 4. The van der Waals surface area contributed by atoms with Gasteiger partial charge in [0.25, 0.3) is 0 Å². The van der Waals surface area contributed by atoms with Crippen LogP contribution in [0.1, 0.15) is 19.3 Å². The lowest BCUT2D eigenvalue weighted by Crippen LogP contribution is -2.45. The van der Waals surface area contributed by atoms with Crippen molar-refractivity contribution in [3.8, 4) is 0 Å². The molecule has 1 amide bonds. The fourth-order valence-corrected chi connectivity index (χ4v) is 2.45. The molecule has 0 aromatic heterocycles. The first-order valence-corrected chi connectivity index (χ1v) is 7.78. The maximum atomic E-state index is 12.6. The van der Waals surface area contributed by atoms with Crippen LogP contribution in [-0.2, 0) is 14.8 Å². The molecule has 1 aliphatic heterocycles. The first-order chi connectivity index (χ1) is 8.59. The van der Waals surface area contributed by atoms with Crippen LogP contribution in [0.5, 0.6) is 0 Å². The number of hydrogen-bond acceptors (Lipinski definition) is 3. The molecule has 1 atom stereocenters. The second-order valence-corrected chi connectivity index (χ2v) is 6.47. The highest BCUT2D eigenvalue weighted by atomic mass is 32.2. The summed E-state index contributed by atoms with van der Waals surface area (Å²) >= 11 is 0. The molecule has 1 rings (SSSR count). The van der Waals surface area contributed by atoms with E-state index in [9.17, 15) is 26.4 Å². The van der Waals surface area contributed by atoms with Crippen molar-refractivity contribution in [3.05, 3.63) is 0 Å². The summed E-state index contributed by atoms with van der Waals surface area (Å²) in [5.41, 5.74) is 0. The number of amides is 1. The van der Waals surface area contributed by atoms with Crippen LogP contribution in [0.4, 0.5) is 13.2 Å². The summed E-state index contributed by atoms with van der Waals surface area (Å²) in [5.74, 6) is -1.93. The maximum Gasteiger partial charge on any atom is 0.393 e. The smallest absolute Gasteiger partial charge is 0.342 e. The lowest BCUT2D eigenvalue weighted by atomic mass is 9.97. The van der Waals surface area contributed by atoms with Crippen molar-refractivity contribution in [1.82, 2.24) is 9.62 Å². The molecule has 9 heteroatoms. The Morgan fingerprint density at radius 3 is 2.58 bits per heavy atom. The molecule has 19 heavy (non-hydrogen) atoms. The minimum absolute atomic E-state index is 0.0366. The Hall–Kier alpha value is -0.830. The first kappa shape index (κ1) is 16.2. The summed E-state index contributed by atoms with van der Waals surface area (Å²) in [6, 6.07) is 0. The molecule has 0 radical (unpaired) electrons. The summed E-state index contributed by atoms with van der Waals surface area (Å²) in [7, 11) is -3.39. The predicted octanol–water partition coefficient (Wildman–Crippen LogP) is 0.727. The monoisotopic (exact) mass is 302 g/mol. The van der Waals surface area contributed by atoms with Crippen molar-refractivity contribution in [1.29, 1.82) is 0 Å². The molecule has 1 saturated heterocycles. The highest BCUT2D eigenvalue weighted by Crippen LogP contribution is 2.33. The molecular formula is C10H17F3N2O3S. The number of sulfonamides is 1. The molecule has 1 aliphatic rings. The quantitative estimate of drug-likeness (QED) is 0.832. The molecule has 0 saturated carbocycles. The number of nitrogens with one attached hydrogen (secondary N) is 1. The molecule has 1 heterocycles. The number of carbonyl (C=O) groups is 1.